The van der Waals surface area contributed by atoms with Crippen LogP contribution in [0.2, 0.25) is 0 Å². The highest BCUT2D eigenvalue weighted by Crippen LogP contribution is 2.42. The van der Waals surface area contributed by atoms with Crippen LogP contribution in [0, 0.1) is 18.8 Å². The Morgan fingerprint density at radius 1 is 1.24 bits per heavy atom. The van der Waals surface area contributed by atoms with Crippen molar-refractivity contribution in [3.8, 4) is 11.3 Å². The Morgan fingerprint density at radius 2 is 2.07 bits per heavy atom. The first-order chi connectivity index (χ1) is 14.1. The molecule has 6 rings (SSSR count). The van der Waals surface area contributed by atoms with Gasteiger partial charge in [0, 0.05) is 46.7 Å². The molecule has 3 saturated heterocycles. The van der Waals surface area contributed by atoms with Crippen LogP contribution in [0.3, 0.4) is 0 Å². The molecular weight excluding hydrogens is 428 g/mol. The van der Waals surface area contributed by atoms with E-state index in [2.05, 4.69) is 44.3 Å². The number of nitrogens with one attached hydrogen (secondary N) is 1. The summed E-state index contributed by atoms with van der Waals surface area (Å²) < 4.78 is 1.06. The highest BCUT2D eigenvalue weighted by molar-refractivity contribution is 9.10. The van der Waals surface area contributed by atoms with Gasteiger partial charge in [0.15, 0.2) is 0 Å². The molecule has 6 heteroatoms. The topological polar surface area (TPSA) is 58.1 Å². The van der Waals surface area contributed by atoms with Crippen molar-refractivity contribution >= 4 is 21.8 Å². The Labute approximate surface area is 180 Å². The summed E-state index contributed by atoms with van der Waals surface area (Å²) in [5.74, 6) is 2.45. The van der Waals surface area contributed by atoms with Crippen molar-refractivity contribution in [2.75, 3.05) is 19.6 Å². The van der Waals surface area contributed by atoms with E-state index < -0.39 is 0 Å². The van der Waals surface area contributed by atoms with Gasteiger partial charge >= 0.3 is 0 Å². The molecule has 4 atom stereocenters. The molecule has 1 N–H and O–H groups in total. The number of amides is 1. The first kappa shape index (κ1) is 19.2. The van der Waals surface area contributed by atoms with Gasteiger partial charge in [-0.2, -0.15) is 0 Å². The van der Waals surface area contributed by atoms with E-state index in [9.17, 15) is 4.79 Å². The monoisotopic (exact) mass is 454 g/mol. The van der Waals surface area contributed by atoms with Gasteiger partial charge in [-0.3, -0.25) is 9.69 Å². The lowest BCUT2D eigenvalue weighted by Crippen LogP contribution is -2.56. The van der Waals surface area contributed by atoms with Crippen molar-refractivity contribution in [1.82, 2.24) is 20.2 Å². The summed E-state index contributed by atoms with van der Waals surface area (Å²) in [4.78, 5) is 24.1. The van der Waals surface area contributed by atoms with Crippen molar-refractivity contribution in [2.45, 2.75) is 44.6 Å². The van der Waals surface area contributed by atoms with Gasteiger partial charge in [-0.25, -0.2) is 9.97 Å². The second-order valence-corrected chi connectivity index (χ2v) is 9.62. The molecule has 5 nitrogen and oxygen atoms in total. The molecule has 4 heterocycles. The maximum Gasteiger partial charge on any atom is 0.223 e. The van der Waals surface area contributed by atoms with E-state index in [0.29, 0.717) is 23.8 Å². The van der Waals surface area contributed by atoms with Crippen LogP contribution >= 0.6 is 15.9 Å². The molecule has 4 aliphatic rings. The second kappa shape index (κ2) is 7.80. The largest absolute Gasteiger partial charge is 0.354 e. The normalized spacial score (nSPS) is 28.3. The summed E-state index contributed by atoms with van der Waals surface area (Å²) >= 11 is 3.66. The SMILES string of the molecule is Cc1nc(-c2ccccc2Br)cc([C@@H]2CN3CC[C@H]2C[C@@H]3CNC(=O)C2CC2)n1. The van der Waals surface area contributed by atoms with Crippen LogP contribution in [0.25, 0.3) is 11.3 Å². The summed E-state index contributed by atoms with van der Waals surface area (Å²) in [6.07, 6.45) is 4.49. The van der Waals surface area contributed by atoms with Gasteiger partial charge < -0.3 is 5.32 Å². The number of aromatic nitrogens is 2. The van der Waals surface area contributed by atoms with Crippen LogP contribution in [0.15, 0.2) is 34.8 Å². The Morgan fingerprint density at radius 3 is 2.79 bits per heavy atom. The third-order valence-electron chi connectivity index (χ3n) is 6.73. The van der Waals surface area contributed by atoms with E-state index in [1.165, 1.54) is 12.1 Å². The number of aryl methyl sites for hydroxylation is 1. The zero-order valence-corrected chi connectivity index (χ0v) is 18.4. The smallest absolute Gasteiger partial charge is 0.223 e. The lowest BCUT2D eigenvalue weighted by Gasteiger charge is -2.49. The summed E-state index contributed by atoms with van der Waals surface area (Å²) in [7, 11) is 0. The molecule has 2 aromatic rings. The number of benzene rings is 1. The third kappa shape index (κ3) is 3.97. The minimum atomic E-state index is 0.258. The van der Waals surface area contributed by atoms with Gasteiger partial charge in [-0.1, -0.05) is 34.1 Å². The van der Waals surface area contributed by atoms with Gasteiger partial charge in [0.25, 0.3) is 0 Å². The summed E-state index contributed by atoms with van der Waals surface area (Å²) in [5.41, 5.74) is 3.27. The van der Waals surface area contributed by atoms with E-state index >= 15 is 0 Å². The van der Waals surface area contributed by atoms with Crippen molar-refractivity contribution in [1.29, 1.82) is 0 Å². The molecule has 1 aliphatic carbocycles. The van der Waals surface area contributed by atoms with Crippen LogP contribution in [0.1, 0.15) is 43.1 Å². The average Bonchev–Trinajstić information content (AvgIpc) is 3.58. The van der Waals surface area contributed by atoms with Crippen LogP contribution < -0.4 is 5.32 Å². The van der Waals surface area contributed by atoms with Crippen molar-refractivity contribution in [3.05, 3.63) is 46.3 Å². The van der Waals surface area contributed by atoms with Gasteiger partial charge in [-0.05, 0) is 57.2 Å². The number of carbonyl (C=O) groups is 1. The Kier molecular flexibility index (Phi) is 5.16. The van der Waals surface area contributed by atoms with E-state index in [1.54, 1.807) is 0 Å². The maximum absolute atomic E-state index is 12.0. The molecule has 1 saturated carbocycles. The summed E-state index contributed by atoms with van der Waals surface area (Å²) in [6.45, 7) is 4.94. The standard InChI is InChI=1S/C23H27BrN4O/c1-14-26-21(18-4-2-3-5-20(18)24)11-22(27-14)19-13-28-9-8-16(19)10-17(28)12-25-23(29)15-6-7-15/h2-5,11,15-17,19H,6-10,12-13H2,1H3,(H,25,29)/t16-,17+,19+/m0/s1. The minimum Gasteiger partial charge on any atom is -0.354 e. The van der Waals surface area contributed by atoms with Gasteiger partial charge in [0.05, 0.1) is 5.69 Å². The number of rotatable bonds is 5. The molecule has 2 bridgehead atoms. The fraction of sp³-hybridized carbons (Fsp3) is 0.522. The number of hydrogen-bond donors (Lipinski definition) is 1. The predicted octanol–water partition coefficient (Wildman–Crippen LogP) is 3.92. The van der Waals surface area contributed by atoms with Crippen molar-refractivity contribution in [3.63, 3.8) is 0 Å². The Balaban J connectivity index is 1.33. The molecule has 0 spiro atoms. The molecule has 1 unspecified atom stereocenters. The van der Waals surface area contributed by atoms with E-state index in [1.807, 2.05) is 19.1 Å². The summed E-state index contributed by atoms with van der Waals surface area (Å²) in [6, 6.07) is 10.9. The molecule has 0 radical (unpaired) electrons. The van der Waals surface area contributed by atoms with E-state index in [4.69, 9.17) is 9.97 Å². The molecule has 3 aliphatic heterocycles. The van der Waals surface area contributed by atoms with Crippen LogP contribution in [0.4, 0.5) is 0 Å². The molecule has 29 heavy (non-hydrogen) atoms. The number of nitrogens with zero attached hydrogens (tertiary/aromatic N) is 3. The number of hydrogen-bond acceptors (Lipinski definition) is 4. The van der Waals surface area contributed by atoms with Gasteiger partial charge in [0.2, 0.25) is 5.91 Å². The first-order valence-electron chi connectivity index (χ1n) is 10.7. The molecule has 152 valence electrons. The molecule has 1 aromatic carbocycles. The van der Waals surface area contributed by atoms with Gasteiger partial charge in [0.1, 0.15) is 5.82 Å². The second-order valence-electron chi connectivity index (χ2n) is 8.76. The zero-order valence-electron chi connectivity index (χ0n) is 16.8. The predicted molar refractivity (Wildman–Crippen MR) is 116 cm³/mol. The maximum atomic E-state index is 12.0. The number of carbonyl (C=O) groups excluding carboxylic acids is 1. The van der Waals surface area contributed by atoms with Gasteiger partial charge in [-0.15, -0.1) is 0 Å². The molecule has 4 fully saturated rings. The molecular formula is C23H27BrN4O. The number of piperidine rings is 3. The first-order valence-corrected chi connectivity index (χ1v) is 11.5. The lowest BCUT2D eigenvalue weighted by atomic mass is 9.74. The summed E-state index contributed by atoms with van der Waals surface area (Å²) in [5, 5.41) is 3.19. The highest BCUT2D eigenvalue weighted by atomic mass is 79.9. The van der Waals surface area contributed by atoms with E-state index in [-0.39, 0.29) is 5.91 Å². The fourth-order valence-corrected chi connectivity index (χ4v) is 5.47. The quantitative estimate of drug-likeness (QED) is 0.743. The van der Waals surface area contributed by atoms with Crippen molar-refractivity contribution in [2.24, 2.45) is 11.8 Å². The average molecular weight is 455 g/mol. The highest BCUT2D eigenvalue weighted by Gasteiger charge is 2.42. The number of halogens is 1. The molecule has 1 amide bonds. The van der Waals surface area contributed by atoms with Crippen molar-refractivity contribution < 1.29 is 4.79 Å². The third-order valence-corrected chi connectivity index (χ3v) is 7.42. The van der Waals surface area contributed by atoms with Crippen LogP contribution in [-0.2, 0) is 4.79 Å². The van der Waals surface area contributed by atoms with E-state index in [0.717, 1.165) is 60.5 Å². The lowest BCUT2D eigenvalue weighted by molar-refractivity contribution is -0.122. The zero-order chi connectivity index (χ0) is 20.0. The number of fused-ring (bicyclic) bond motifs is 3. The van der Waals surface area contributed by atoms with Crippen LogP contribution in [0.5, 0.6) is 0 Å². The Hall–Kier alpha value is -1.79. The van der Waals surface area contributed by atoms with Crippen LogP contribution in [-0.4, -0.2) is 46.5 Å². The fourth-order valence-electron chi connectivity index (χ4n) is 4.98. The minimum absolute atomic E-state index is 0.258. The Bertz CT molecular complexity index is 929. The molecule has 1 aromatic heterocycles.